The summed E-state index contributed by atoms with van der Waals surface area (Å²) in [7, 11) is -3.37. The van der Waals surface area contributed by atoms with Gasteiger partial charge in [-0.25, -0.2) is 12.8 Å². The maximum atomic E-state index is 12.9. The summed E-state index contributed by atoms with van der Waals surface area (Å²) in [6.07, 6.45) is 2.81. The molecule has 0 saturated heterocycles. The first-order valence-corrected chi connectivity index (χ1v) is 7.30. The Balaban J connectivity index is 2.51. The molecular weight excluding hydrogens is 243 g/mol. The van der Waals surface area contributed by atoms with Crippen LogP contribution in [0.1, 0.15) is 25.7 Å². The molecule has 1 aromatic rings. The summed E-state index contributed by atoms with van der Waals surface area (Å²) in [6, 6.07) is 5.07. The number of hydrogen-bond acceptors (Lipinski definition) is 3. The van der Waals surface area contributed by atoms with Crippen LogP contribution in [0, 0.1) is 5.82 Å². The van der Waals surface area contributed by atoms with E-state index in [9.17, 15) is 12.8 Å². The van der Waals surface area contributed by atoms with Crippen molar-refractivity contribution in [1.82, 2.24) is 0 Å². The number of aliphatic hydroxyl groups is 1. The van der Waals surface area contributed by atoms with E-state index in [4.69, 9.17) is 5.11 Å². The van der Waals surface area contributed by atoms with Gasteiger partial charge in [-0.2, -0.15) is 0 Å². The second-order valence-electron chi connectivity index (χ2n) is 3.91. The van der Waals surface area contributed by atoms with Gasteiger partial charge in [-0.05, 0) is 31.0 Å². The highest BCUT2D eigenvalue weighted by Gasteiger charge is 2.14. The Morgan fingerprint density at radius 3 is 2.47 bits per heavy atom. The molecule has 0 fully saturated rings. The van der Waals surface area contributed by atoms with Crippen LogP contribution in [0.15, 0.2) is 29.2 Å². The van der Waals surface area contributed by atoms with Gasteiger partial charge in [0.1, 0.15) is 5.82 Å². The predicted octanol–water partition coefficient (Wildman–Crippen LogP) is 2.15. The van der Waals surface area contributed by atoms with E-state index < -0.39 is 15.7 Å². The van der Waals surface area contributed by atoms with Crippen molar-refractivity contribution in [2.75, 3.05) is 12.4 Å². The highest BCUT2D eigenvalue weighted by molar-refractivity contribution is 7.91. The molecule has 0 amide bonds. The van der Waals surface area contributed by atoms with Gasteiger partial charge in [0.05, 0.1) is 10.6 Å². The lowest BCUT2D eigenvalue weighted by Crippen LogP contribution is -2.07. The Morgan fingerprint density at radius 2 is 1.82 bits per heavy atom. The summed E-state index contributed by atoms with van der Waals surface area (Å²) in [5.74, 6) is -0.506. The first-order valence-electron chi connectivity index (χ1n) is 5.65. The van der Waals surface area contributed by atoms with Crippen molar-refractivity contribution in [3.63, 3.8) is 0 Å². The first kappa shape index (κ1) is 14.1. The van der Waals surface area contributed by atoms with Crippen molar-refractivity contribution in [2.45, 2.75) is 30.6 Å². The number of halogens is 1. The Hall–Kier alpha value is -0.940. The number of hydrogen-bond donors (Lipinski definition) is 1. The minimum Gasteiger partial charge on any atom is -0.396 e. The van der Waals surface area contributed by atoms with E-state index in [0.717, 1.165) is 18.9 Å². The van der Waals surface area contributed by atoms with E-state index in [-0.39, 0.29) is 17.3 Å². The molecule has 1 aromatic carbocycles. The third-order valence-electron chi connectivity index (χ3n) is 2.48. The molecule has 0 heterocycles. The van der Waals surface area contributed by atoms with Crippen LogP contribution in [0.2, 0.25) is 0 Å². The number of sulfone groups is 1. The fourth-order valence-corrected chi connectivity index (χ4v) is 2.93. The van der Waals surface area contributed by atoms with Gasteiger partial charge in [-0.1, -0.05) is 18.9 Å². The van der Waals surface area contributed by atoms with Crippen LogP contribution in [0.5, 0.6) is 0 Å². The summed E-state index contributed by atoms with van der Waals surface area (Å²) < 4.78 is 36.5. The fourth-order valence-electron chi connectivity index (χ4n) is 1.54. The Kier molecular flexibility index (Phi) is 5.58. The molecule has 0 aliphatic heterocycles. The molecule has 0 aliphatic rings. The van der Waals surface area contributed by atoms with Crippen molar-refractivity contribution >= 4 is 9.84 Å². The number of benzene rings is 1. The summed E-state index contributed by atoms with van der Waals surface area (Å²) in [5, 5.41) is 8.57. The number of unbranched alkanes of at least 4 members (excludes halogenated alkanes) is 3. The van der Waals surface area contributed by atoms with Gasteiger partial charge < -0.3 is 5.11 Å². The largest absolute Gasteiger partial charge is 0.396 e. The van der Waals surface area contributed by atoms with E-state index >= 15 is 0 Å². The molecule has 0 bridgehead atoms. The van der Waals surface area contributed by atoms with Crippen LogP contribution in [0.25, 0.3) is 0 Å². The zero-order valence-corrected chi connectivity index (χ0v) is 10.4. The normalized spacial score (nSPS) is 11.6. The second-order valence-corrected chi connectivity index (χ2v) is 6.02. The van der Waals surface area contributed by atoms with Gasteiger partial charge >= 0.3 is 0 Å². The molecule has 0 aliphatic carbocycles. The topological polar surface area (TPSA) is 54.4 Å². The van der Waals surface area contributed by atoms with Crippen LogP contribution >= 0.6 is 0 Å². The molecule has 3 nitrogen and oxygen atoms in total. The average Bonchev–Trinajstić information content (AvgIpc) is 2.29. The zero-order chi connectivity index (χ0) is 12.7. The lowest BCUT2D eigenvalue weighted by molar-refractivity contribution is 0.283. The Labute approximate surface area is 101 Å². The molecule has 0 spiro atoms. The predicted molar refractivity (Wildman–Crippen MR) is 64.0 cm³/mol. The zero-order valence-electron chi connectivity index (χ0n) is 9.60. The number of aliphatic hydroxyl groups excluding tert-OH is 1. The molecule has 1 N–H and O–H groups in total. The van der Waals surface area contributed by atoms with E-state index in [1.54, 1.807) is 0 Å². The molecule has 96 valence electrons. The van der Waals surface area contributed by atoms with Crippen LogP contribution < -0.4 is 0 Å². The van der Waals surface area contributed by atoms with Crippen molar-refractivity contribution in [2.24, 2.45) is 0 Å². The maximum absolute atomic E-state index is 12.9. The smallest absolute Gasteiger partial charge is 0.178 e. The molecule has 0 saturated carbocycles. The van der Waals surface area contributed by atoms with Gasteiger partial charge in [0.2, 0.25) is 0 Å². The van der Waals surface area contributed by atoms with Gasteiger partial charge in [-0.3, -0.25) is 0 Å². The standard InChI is InChI=1S/C12H17FO3S/c13-11-6-5-7-12(10-11)17(15,16)9-4-2-1-3-8-14/h5-7,10,14H,1-4,8-9H2. The molecule has 0 atom stereocenters. The van der Waals surface area contributed by atoms with Crippen LogP contribution in [-0.2, 0) is 9.84 Å². The minimum atomic E-state index is -3.37. The van der Waals surface area contributed by atoms with Gasteiger partial charge in [0.25, 0.3) is 0 Å². The molecular formula is C12H17FO3S. The van der Waals surface area contributed by atoms with E-state index in [0.29, 0.717) is 12.8 Å². The quantitative estimate of drug-likeness (QED) is 0.764. The van der Waals surface area contributed by atoms with Gasteiger partial charge in [0.15, 0.2) is 9.84 Å². The minimum absolute atomic E-state index is 0.0296. The van der Waals surface area contributed by atoms with Crippen molar-refractivity contribution in [3.8, 4) is 0 Å². The van der Waals surface area contributed by atoms with E-state index in [2.05, 4.69) is 0 Å². The SMILES string of the molecule is O=S(=O)(CCCCCCO)c1cccc(F)c1. The summed E-state index contributed by atoms with van der Waals surface area (Å²) in [6.45, 7) is 0.136. The van der Waals surface area contributed by atoms with Gasteiger partial charge in [-0.15, -0.1) is 0 Å². The lowest BCUT2D eigenvalue weighted by Gasteiger charge is -2.04. The molecule has 5 heteroatoms. The van der Waals surface area contributed by atoms with Crippen LogP contribution in [-0.4, -0.2) is 25.9 Å². The Morgan fingerprint density at radius 1 is 1.12 bits per heavy atom. The fraction of sp³-hybridized carbons (Fsp3) is 0.500. The van der Waals surface area contributed by atoms with Crippen molar-refractivity contribution < 1.29 is 17.9 Å². The second kappa shape index (κ2) is 6.71. The van der Waals surface area contributed by atoms with Crippen LogP contribution in [0.3, 0.4) is 0 Å². The van der Waals surface area contributed by atoms with E-state index in [1.807, 2.05) is 0 Å². The van der Waals surface area contributed by atoms with Crippen LogP contribution in [0.4, 0.5) is 4.39 Å². The highest BCUT2D eigenvalue weighted by Crippen LogP contribution is 2.14. The summed E-state index contributed by atoms with van der Waals surface area (Å²) in [5.41, 5.74) is 0. The van der Waals surface area contributed by atoms with Gasteiger partial charge in [0, 0.05) is 6.61 Å². The molecule has 0 aromatic heterocycles. The average molecular weight is 260 g/mol. The summed E-state index contributed by atoms with van der Waals surface area (Å²) >= 11 is 0. The molecule has 0 unspecified atom stereocenters. The Bertz CT molecular complexity index is 443. The molecule has 0 radical (unpaired) electrons. The summed E-state index contributed by atoms with van der Waals surface area (Å²) in [4.78, 5) is 0.0414. The lowest BCUT2D eigenvalue weighted by atomic mass is 10.2. The van der Waals surface area contributed by atoms with E-state index in [1.165, 1.54) is 18.2 Å². The third kappa shape index (κ3) is 4.83. The van der Waals surface area contributed by atoms with Crippen molar-refractivity contribution in [1.29, 1.82) is 0 Å². The molecule has 17 heavy (non-hydrogen) atoms. The maximum Gasteiger partial charge on any atom is 0.178 e. The van der Waals surface area contributed by atoms with Crippen molar-refractivity contribution in [3.05, 3.63) is 30.1 Å². The molecule has 1 rings (SSSR count). The third-order valence-corrected chi connectivity index (χ3v) is 4.27. The highest BCUT2D eigenvalue weighted by atomic mass is 32.2. The first-order chi connectivity index (χ1) is 8.06. The monoisotopic (exact) mass is 260 g/mol. The number of rotatable bonds is 7.